The van der Waals surface area contributed by atoms with Gasteiger partial charge in [0, 0.05) is 17.7 Å². The Bertz CT molecular complexity index is 395. The molecule has 0 spiro atoms. The second-order valence-electron chi connectivity index (χ2n) is 2.44. The van der Waals surface area contributed by atoms with E-state index in [0.29, 0.717) is 16.4 Å². The van der Waals surface area contributed by atoms with E-state index in [2.05, 4.69) is 15.0 Å². The molecule has 0 saturated heterocycles. The van der Waals surface area contributed by atoms with Gasteiger partial charge >= 0.3 is 0 Å². The smallest absolute Gasteiger partial charge is 0.0856 e. The number of aromatic nitrogens is 1. The van der Waals surface area contributed by atoms with Crippen molar-refractivity contribution >= 4 is 23.4 Å². The van der Waals surface area contributed by atoms with E-state index in [9.17, 15) is 0 Å². The molecule has 1 rings (SSSR count). The van der Waals surface area contributed by atoms with Gasteiger partial charge in [-0.3, -0.25) is 4.98 Å². The van der Waals surface area contributed by atoms with Gasteiger partial charge in [0.2, 0.25) is 0 Å². The minimum Gasteiger partial charge on any atom is -0.397 e. The van der Waals surface area contributed by atoms with Crippen LogP contribution in [0.3, 0.4) is 0 Å². The van der Waals surface area contributed by atoms with Crippen LogP contribution in [0.2, 0.25) is 5.02 Å². The van der Waals surface area contributed by atoms with E-state index in [-0.39, 0.29) is 6.54 Å². The minimum atomic E-state index is 0.278. The predicted octanol–water partition coefficient (Wildman–Crippen LogP) is 2.64. The molecule has 14 heavy (non-hydrogen) atoms. The maximum Gasteiger partial charge on any atom is 0.0856 e. The third-order valence-corrected chi connectivity index (χ3v) is 1.65. The van der Waals surface area contributed by atoms with Crippen LogP contribution in [0, 0.1) is 0 Å². The molecule has 1 heterocycles. The summed E-state index contributed by atoms with van der Waals surface area (Å²) < 4.78 is 0. The number of rotatable bonds is 3. The van der Waals surface area contributed by atoms with E-state index in [1.807, 2.05) is 0 Å². The summed E-state index contributed by atoms with van der Waals surface area (Å²) in [6.45, 7) is 0.278. The summed E-state index contributed by atoms with van der Waals surface area (Å²) in [5.74, 6) is 0. The molecule has 6 heteroatoms. The van der Waals surface area contributed by atoms with Crippen LogP contribution in [0.4, 0.5) is 5.69 Å². The van der Waals surface area contributed by atoms with Gasteiger partial charge in [-0.05, 0) is 17.7 Å². The zero-order chi connectivity index (χ0) is 10.4. The fraction of sp³-hybridized carbons (Fsp3) is 0.125. The third-order valence-electron chi connectivity index (χ3n) is 1.44. The van der Waals surface area contributed by atoms with Crippen molar-refractivity contribution in [2.45, 2.75) is 0 Å². The first-order valence-electron chi connectivity index (χ1n) is 3.82. The molecule has 0 aliphatic heterocycles. The zero-order valence-electron chi connectivity index (χ0n) is 7.26. The monoisotopic (exact) mass is 209 g/mol. The van der Waals surface area contributed by atoms with Gasteiger partial charge in [-0.25, -0.2) is 0 Å². The number of pyridine rings is 1. The van der Waals surface area contributed by atoms with Crippen LogP contribution in [-0.4, -0.2) is 11.5 Å². The molecule has 0 radical (unpaired) electrons. The van der Waals surface area contributed by atoms with Gasteiger partial charge in [0.1, 0.15) is 0 Å². The number of anilines is 1. The van der Waals surface area contributed by atoms with Crippen LogP contribution in [0.1, 0.15) is 5.69 Å². The van der Waals surface area contributed by atoms with Gasteiger partial charge in [-0.15, -0.1) is 0 Å². The Labute approximate surface area is 85.8 Å². The first kappa shape index (κ1) is 10.4. The molecule has 2 N–H and O–H groups in total. The second-order valence-corrected chi connectivity index (χ2v) is 2.88. The number of nitrogen functional groups attached to an aromatic ring is 1. The van der Waals surface area contributed by atoms with Crippen molar-refractivity contribution in [1.82, 2.24) is 4.98 Å². The number of halogens is 1. The molecular weight excluding hydrogens is 202 g/mol. The molecule has 0 unspecified atom stereocenters. The highest BCUT2D eigenvalue weighted by Crippen LogP contribution is 2.15. The molecule has 0 aromatic carbocycles. The Hall–Kier alpha value is -1.71. The van der Waals surface area contributed by atoms with Crippen LogP contribution in [-0.2, 0) is 0 Å². The SMILES string of the molecule is [N-]=[N+]=NCC=Cc1ncc(Cl)cc1N. The highest BCUT2D eigenvalue weighted by molar-refractivity contribution is 6.30. The summed E-state index contributed by atoms with van der Waals surface area (Å²) in [6, 6.07) is 1.61. The van der Waals surface area contributed by atoms with E-state index >= 15 is 0 Å². The van der Waals surface area contributed by atoms with Crippen molar-refractivity contribution in [3.05, 3.63) is 39.5 Å². The van der Waals surface area contributed by atoms with E-state index in [0.717, 1.165) is 0 Å². The van der Waals surface area contributed by atoms with Crippen LogP contribution in [0.15, 0.2) is 23.5 Å². The number of nitrogens with zero attached hydrogens (tertiary/aromatic N) is 4. The average molecular weight is 210 g/mol. The quantitative estimate of drug-likeness (QED) is 0.471. The van der Waals surface area contributed by atoms with Crippen LogP contribution in [0.25, 0.3) is 16.5 Å². The topological polar surface area (TPSA) is 87.7 Å². The van der Waals surface area contributed by atoms with Crippen molar-refractivity contribution in [3.63, 3.8) is 0 Å². The van der Waals surface area contributed by atoms with Crippen molar-refractivity contribution < 1.29 is 0 Å². The van der Waals surface area contributed by atoms with E-state index in [1.165, 1.54) is 6.20 Å². The molecule has 0 atom stereocenters. The van der Waals surface area contributed by atoms with Gasteiger partial charge < -0.3 is 5.73 Å². The molecule has 5 nitrogen and oxygen atoms in total. The van der Waals surface area contributed by atoms with Gasteiger partial charge in [0.15, 0.2) is 0 Å². The Morgan fingerprint density at radius 1 is 1.71 bits per heavy atom. The zero-order valence-corrected chi connectivity index (χ0v) is 8.02. The molecule has 0 bridgehead atoms. The predicted molar refractivity (Wildman–Crippen MR) is 56.7 cm³/mol. The standard InChI is InChI=1S/C8H8ClN5/c9-6-4-7(10)8(12-5-6)2-1-3-13-14-11/h1-2,4-5H,3,10H2. The molecule has 0 aliphatic rings. The number of azide groups is 1. The Balaban J connectivity index is 2.76. The number of nitrogens with two attached hydrogens (primary N) is 1. The molecule has 0 amide bonds. The largest absolute Gasteiger partial charge is 0.397 e. The van der Waals surface area contributed by atoms with E-state index in [4.69, 9.17) is 22.9 Å². The Morgan fingerprint density at radius 3 is 3.14 bits per heavy atom. The number of hydrogen-bond acceptors (Lipinski definition) is 3. The minimum absolute atomic E-state index is 0.278. The summed E-state index contributed by atoms with van der Waals surface area (Å²) in [4.78, 5) is 6.60. The van der Waals surface area contributed by atoms with Crippen LogP contribution >= 0.6 is 11.6 Å². The summed E-state index contributed by atoms with van der Waals surface area (Å²) in [5.41, 5.74) is 14.8. The lowest BCUT2D eigenvalue weighted by atomic mass is 10.3. The molecule has 1 aromatic heterocycles. The Kier molecular flexibility index (Phi) is 3.79. The van der Waals surface area contributed by atoms with Crippen molar-refractivity contribution in [2.75, 3.05) is 12.3 Å². The average Bonchev–Trinajstić information content (AvgIpc) is 2.15. The maximum absolute atomic E-state index is 8.02. The van der Waals surface area contributed by atoms with Crippen LogP contribution in [0.5, 0.6) is 0 Å². The highest BCUT2D eigenvalue weighted by Gasteiger charge is 1.96. The van der Waals surface area contributed by atoms with Crippen LogP contribution < -0.4 is 5.73 Å². The lowest BCUT2D eigenvalue weighted by molar-refractivity contribution is 1.21. The summed E-state index contributed by atoms with van der Waals surface area (Å²) in [6.07, 6.45) is 4.86. The summed E-state index contributed by atoms with van der Waals surface area (Å²) >= 11 is 5.67. The van der Waals surface area contributed by atoms with Crippen molar-refractivity contribution in [3.8, 4) is 0 Å². The van der Waals surface area contributed by atoms with Gasteiger partial charge in [-0.2, -0.15) is 0 Å². The summed E-state index contributed by atoms with van der Waals surface area (Å²) in [7, 11) is 0. The molecular formula is C8H8ClN5. The van der Waals surface area contributed by atoms with Gasteiger partial charge in [0.05, 0.1) is 16.4 Å². The van der Waals surface area contributed by atoms with Gasteiger partial charge in [0.25, 0.3) is 0 Å². The Morgan fingerprint density at radius 2 is 2.50 bits per heavy atom. The maximum atomic E-state index is 8.02. The second kappa shape index (κ2) is 5.11. The number of hydrogen-bond donors (Lipinski definition) is 1. The lowest BCUT2D eigenvalue weighted by Gasteiger charge is -1.98. The fourth-order valence-corrected chi connectivity index (χ4v) is 1.02. The van der Waals surface area contributed by atoms with E-state index < -0.39 is 0 Å². The highest BCUT2D eigenvalue weighted by atomic mass is 35.5. The first-order chi connectivity index (χ1) is 6.74. The first-order valence-corrected chi connectivity index (χ1v) is 4.20. The van der Waals surface area contributed by atoms with Crippen molar-refractivity contribution in [2.24, 2.45) is 5.11 Å². The molecule has 0 fully saturated rings. The third kappa shape index (κ3) is 2.97. The molecule has 1 aromatic rings. The molecule has 72 valence electrons. The normalized spacial score (nSPS) is 10.1. The molecule has 0 aliphatic carbocycles. The van der Waals surface area contributed by atoms with Crippen molar-refractivity contribution in [1.29, 1.82) is 0 Å². The van der Waals surface area contributed by atoms with Gasteiger partial charge in [-0.1, -0.05) is 22.8 Å². The fourth-order valence-electron chi connectivity index (χ4n) is 0.853. The lowest BCUT2D eigenvalue weighted by Crippen LogP contribution is -1.92. The molecule has 0 saturated carbocycles. The van der Waals surface area contributed by atoms with E-state index in [1.54, 1.807) is 18.2 Å². The summed E-state index contributed by atoms with van der Waals surface area (Å²) in [5, 5.41) is 3.83.